The van der Waals surface area contributed by atoms with Gasteiger partial charge in [0.05, 0.1) is 5.39 Å². The van der Waals surface area contributed by atoms with Crippen LogP contribution < -0.4 is 21.9 Å². The van der Waals surface area contributed by atoms with Crippen LogP contribution in [0.25, 0.3) is 11.0 Å². The first kappa shape index (κ1) is 17.2. The molecule has 8 heteroatoms. The number of aromatic nitrogens is 3. The number of nitrogens with one attached hydrogen (secondary N) is 2. The monoisotopic (exact) mass is 365 g/mol. The lowest BCUT2D eigenvalue weighted by Crippen LogP contribution is -2.37. The number of rotatable bonds is 3. The van der Waals surface area contributed by atoms with Gasteiger partial charge in [-0.15, -0.1) is 0 Å². The summed E-state index contributed by atoms with van der Waals surface area (Å²) in [5.74, 6) is -0.358. The number of benzene rings is 1. The van der Waals surface area contributed by atoms with Crippen molar-refractivity contribution in [2.45, 2.75) is 19.6 Å². The topological polar surface area (TPSA) is 98.0 Å². The molecule has 0 spiro atoms. The quantitative estimate of drug-likeness (QED) is 0.689. The van der Waals surface area contributed by atoms with E-state index in [1.54, 1.807) is 0 Å². The second-order valence-electron chi connectivity index (χ2n) is 6.66. The van der Waals surface area contributed by atoms with Gasteiger partial charge in [-0.2, -0.15) is 0 Å². The molecule has 2 aromatic heterocycles. The molecule has 138 valence electrons. The zero-order valence-corrected chi connectivity index (χ0v) is 15.1. The molecule has 3 aromatic rings. The Labute approximate surface area is 154 Å². The molecule has 8 nitrogen and oxygen atoms in total. The van der Waals surface area contributed by atoms with E-state index in [0.717, 1.165) is 23.2 Å². The summed E-state index contributed by atoms with van der Waals surface area (Å²) in [4.78, 5) is 41.0. The lowest BCUT2D eigenvalue weighted by atomic mass is 10.1. The van der Waals surface area contributed by atoms with E-state index >= 15 is 0 Å². The SMILES string of the molecule is Cn1c(=O)c2ccc(C(=O)NCc3ccc4c(c3)CNC4)nc2n(C)c1=O. The molecule has 1 aliphatic rings. The molecule has 4 rings (SSSR count). The van der Waals surface area contributed by atoms with Crippen LogP contribution in [0.5, 0.6) is 0 Å². The van der Waals surface area contributed by atoms with Crippen molar-refractivity contribution in [3.63, 3.8) is 0 Å². The Hall–Kier alpha value is -3.26. The third-order valence-electron chi connectivity index (χ3n) is 4.89. The van der Waals surface area contributed by atoms with E-state index in [1.165, 1.54) is 41.9 Å². The van der Waals surface area contributed by atoms with E-state index < -0.39 is 11.2 Å². The Kier molecular flexibility index (Phi) is 4.12. The largest absolute Gasteiger partial charge is 0.347 e. The van der Waals surface area contributed by atoms with E-state index in [2.05, 4.69) is 27.8 Å². The number of hydrogen-bond donors (Lipinski definition) is 2. The summed E-state index contributed by atoms with van der Waals surface area (Å²) in [6.45, 7) is 2.09. The Morgan fingerprint density at radius 3 is 2.70 bits per heavy atom. The van der Waals surface area contributed by atoms with Crippen molar-refractivity contribution in [1.82, 2.24) is 24.8 Å². The van der Waals surface area contributed by atoms with Crippen LogP contribution in [-0.4, -0.2) is 20.0 Å². The van der Waals surface area contributed by atoms with Crippen molar-refractivity contribution < 1.29 is 4.79 Å². The van der Waals surface area contributed by atoms with Crippen molar-refractivity contribution in [3.8, 4) is 0 Å². The number of hydrogen-bond acceptors (Lipinski definition) is 5. The van der Waals surface area contributed by atoms with Crippen LogP contribution in [0, 0.1) is 0 Å². The highest BCUT2D eigenvalue weighted by molar-refractivity contribution is 5.94. The molecular formula is C19H19N5O3. The Morgan fingerprint density at radius 1 is 1.11 bits per heavy atom. The molecule has 0 atom stereocenters. The molecule has 0 saturated carbocycles. The van der Waals surface area contributed by atoms with Crippen LogP contribution in [0.3, 0.4) is 0 Å². The highest BCUT2D eigenvalue weighted by Crippen LogP contribution is 2.17. The summed E-state index contributed by atoms with van der Waals surface area (Å²) in [5.41, 5.74) is 2.98. The molecule has 1 amide bonds. The van der Waals surface area contributed by atoms with Crippen molar-refractivity contribution in [1.29, 1.82) is 0 Å². The van der Waals surface area contributed by atoms with Crippen LogP contribution in [-0.2, 0) is 33.7 Å². The summed E-state index contributed by atoms with van der Waals surface area (Å²) in [6.07, 6.45) is 0. The highest BCUT2D eigenvalue weighted by atomic mass is 16.2. The van der Waals surface area contributed by atoms with Gasteiger partial charge in [0.25, 0.3) is 11.5 Å². The van der Waals surface area contributed by atoms with E-state index in [4.69, 9.17) is 0 Å². The van der Waals surface area contributed by atoms with Crippen molar-refractivity contribution >= 4 is 16.9 Å². The number of pyridine rings is 1. The van der Waals surface area contributed by atoms with Gasteiger partial charge >= 0.3 is 5.69 Å². The summed E-state index contributed by atoms with van der Waals surface area (Å²) in [5, 5.41) is 6.42. The lowest BCUT2D eigenvalue weighted by Gasteiger charge is -2.09. The van der Waals surface area contributed by atoms with Gasteiger partial charge in [0.2, 0.25) is 0 Å². The summed E-state index contributed by atoms with van der Waals surface area (Å²) < 4.78 is 2.29. The fourth-order valence-corrected chi connectivity index (χ4v) is 3.31. The molecule has 1 aliphatic heterocycles. The van der Waals surface area contributed by atoms with Crippen molar-refractivity contribution in [2.24, 2.45) is 14.1 Å². The molecule has 0 radical (unpaired) electrons. The fraction of sp³-hybridized carbons (Fsp3) is 0.263. The van der Waals surface area contributed by atoms with Crippen LogP contribution >= 0.6 is 0 Å². The third kappa shape index (κ3) is 2.93. The minimum absolute atomic E-state index is 0.161. The van der Waals surface area contributed by atoms with Crippen molar-refractivity contribution in [3.05, 3.63) is 73.6 Å². The zero-order chi connectivity index (χ0) is 19.1. The molecule has 3 heterocycles. The van der Waals surface area contributed by atoms with Gasteiger partial charge in [0.1, 0.15) is 11.3 Å². The Morgan fingerprint density at radius 2 is 1.89 bits per heavy atom. The number of carbonyl (C=O) groups is 1. The van der Waals surface area contributed by atoms with Gasteiger partial charge < -0.3 is 10.6 Å². The van der Waals surface area contributed by atoms with Crippen LogP contribution in [0.2, 0.25) is 0 Å². The second kappa shape index (κ2) is 6.48. The van der Waals surface area contributed by atoms with Gasteiger partial charge in [0.15, 0.2) is 0 Å². The summed E-state index contributed by atoms with van der Waals surface area (Å²) >= 11 is 0. The van der Waals surface area contributed by atoms with Gasteiger partial charge in [-0.05, 0) is 28.8 Å². The van der Waals surface area contributed by atoms with Gasteiger partial charge in [-0.3, -0.25) is 18.7 Å². The fourth-order valence-electron chi connectivity index (χ4n) is 3.31. The molecule has 27 heavy (non-hydrogen) atoms. The average molecular weight is 365 g/mol. The van der Waals surface area contributed by atoms with E-state index in [0.29, 0.717) is 11.9 Å². The first-order valence-electron chi connectivity index (χ1n) is 8.62. The molecule has 0 aliphatic carbocycles. The number of nitrogens with zero attached hydrogens (tertiary/aromatic N) is 3. The standard InChI is InChI=1S/C19H19N5O3/c1-23-16-14(18(26)24(2)19(23)27)5-6-15(22-16)17(25)21-8-11-3-4-12-9-20-10-13(12)7-11/h3-7,20H,8-10H2,1-2H3,(H,21,25). The third-order valence-corrected chi connectivity index (χ3v) is 4.89. The predicted octanol–water partition coefficient (Wildman–Crippen LogP) is 0.165. The molecule has 0 bridgehead atoms. The van der Waals surface area contributed by atoms with E-state index in [1.807, 2.05) is 6.07 Å². The first-order chi connectivity index (χ1) is 13.0. The summed E-state index contributed by atoms with van der Waals surface area (Å²) in [6, 6.07) is 9.16. The Bertz CT molecular complexity index is 1190. The highest BCUT2D eigenvalue weighted by Gasteiger charge is 2.14. The van der Waals surface area contributed by atoms with Crippen LogP contribution in [0.1, 0.15) is 27.2 Å². The first-order valence-corrected chi connectivity index (χ1v) is 8.62. The minimum atomic E-state index is -0.482. The predicted molar refractivity (Wildman–Crippen MR) is 100 cm³/mol. The minimum Gasteiger partial charge on any atom is -0.347 e. The van der Waals surface area contributed by atoms with E-state index in [9.17, 15) is 14.4 Å². The zero-order valence-electron chi connectivity index (χ0n) is 15.1. The number of fused-ring (bicyclic) bond motifs is 2. The maximum atomic E-state index is 12.5. The molecule has 2 N–H and O–H groups in total. The smallest absolute Gasteiger partial charge is 0.332 e. The van der Waals surface area contributed by atoms with Crippen LogP contribution in [0.4, 0.5) is 0 Å². The second-order valence-corrected chi connectivity index (χ2v) is 6.66. The van der Waals surface area contributed by atoms with Crippen molar-refractivity contribution in [2.75, 3.05) is 0 Å². The molecule has 1 aromatic carbocycles. The maximum absolute atomic E-state index is 12.5. The van der Waals surface area contributed by atoms with Crippen LogP contribution in [0.15, 0.2) is 39.9 Å². The number of aryl methyl sites for hydroxylation is 1. The van der Waals surface area contributed by atoms with Gasteiger partial charge in [0, 0.05) is 33.7 Å². The number of carbonyl (C=O) groups excluding carboxylic acids is 1. The van der Waals surface area contributed by atoms with E-state index in [-0.39, 0.29) is 17.2 Å². The Balaban J connectivity index is 1.59. The van der Waals surface area contributed by atoms with Gasteiger partial charge in [-0.1, -0.05) is 18.2 Å². The summed E-state index contributed by atoms with van der Waals surface area (Å²) in [7, 11) is 2.94. The average Bonchev–Trinajstić information content (AvgIpc) is 3.16. The maximum Gasteiger partial charge on any atom is 0.332 e. The molecule has 0 saturated heterocycles. The molecule has 0 fully saturated rings. The normalized spacial score (nSPS) is 13.0. The number of amides is 1. The molecular weight excluding hydrogens is 346 g/mol. The van der Waals surface area contributed by atoms with Gasteiger partial charge in [-0.25, -0.2) is 9.78 Å². The molecule has 0 unspecified atom stereocenters. The lowest BCUT2D eigenvalue weighted by molar-refractivity contribution is 0.0946.